The molecule has 156 valence electrons. The summed E-state index contributed by atoms with van der Waals surface area (Å²) in [5.74, 6) is 0.210. The molecule has 1 saturated heterocycles. The second-order valence-corrected chi connectivity index (χ2v) is 10.1. The van der Waals surface area contributed by atoms with Crippen molar-refractivity contribution in [3.8, 4) is 0 Å². The Morgan fingerprint density at radius 2 is 1.68 bits per heavy atom. The van der Waals surface area contributed by atoms with Gasteiger partial charge in [0.1, 0.15) is 5.82 Å². The highest BCUT2D eigenvalue weighted by atomic mass is 32.2. The number of benzene rings is 1. The van der Waals surface area contributed by atoms with Gasteiger partial charge < -0.3 is 4.90 Å². The van der Waals surface area contributed by atoms with Gasteiger partial charge >= 0.3 is 0 Å². The summed E-state index contributed by atoms with van der Waals surface area (Å²) in [6, 6.07) is 4.89. The summed E-state index contributed by atoms with van der Waals surface area (Å²) < 4.78 is 41.3. The lowest BCUT2D eigenvalue weighted by molar-refractivity contribution is -0.132. The standard InChI is InChI=1S/C21H31FN2O3S/c1-17-11-14-23(15-12-17)21(25)13-16-24(19-5-3-2-4-6-19)28(26,27)20-9-7-18(22)8-10-20/h7-10,17,19H,2-6,11-16H2,1H3. The molecule has 7 heteroatoms. The molecule has 1 aromatic rings. The highest BCUT2D eigenvalue weighted by Crippen LogP contribution is 2.28. The number of piperidine rings is 1. The van der Waals surface area contributed by atoms with Crippen LogP contribution in [0.4, 0.5) is 4.39 Å². The molecule has 2 aliphatic rings. The van der Waals surface area contributed by atoms with Crippen molar-refractivity contribution in [3.05, 3.63) is 30.1 Å². The van der Waals surface area contributed by atoms with Gasteiger partial charge in [-0.3, -0.25) is 4.79 Å². The van der Waals surface area contributed by atoms with Gasteiger partial charge in [-0.05, 0) is 55.9 Å². The molecule has 2 fully saturated rings. The summed E-state index contributed by atoms with van der Waals surface area (Å²) in [5.41, 5.74) is 0. The zero-order chi connectivity index (χ0) is 20.1. The maximum Gasteiger partial charge on any atom is 0.243 e. The fourth-order valence-electron chi connectivity index (χ4n) is 4.23. The monoisotopic (exact) mass is 410 g/mol. The quantitative estimate of drug-likeness (QED) is 0.717. The number of hydrogen-bond donors (Lipinski definition) is 0. The number of nitrogens with zero attached hydrogens (tertiary/aromatic N) is 2. The maximum atomic E-state index is 13.3. The van der Waals surface area contributed by atoms with Crippen LogP contribution in [0.3, 0.4) is 0 Å². The van der Waals surface area contributed by atoms with Crippen LogP contribution in [-0.2, 0) is 14.8 Å². The van der Waals surface area contributed by atoms with Crippen molar-refractivity contribution in [1.29, 1.82) is 0 Å². The minimum absolute atomic E-state index is 0.0296. The van der Waals surface area contributed by atoms with E-state index in [9.17, 15) is 17.6 Å². The van der Waals surface area contributed by atoms with E-state index in [4.69, 9.17) is 0 Å². The number of amides is 1. The molecule has 1 aliphatic heterocycles. The average Bonchev–Trinajstić information content (AvgIpc) is 2.69. The van der Waals surface area contributed by atoms with Crippen LogP contribution in [-0.4, -0.2) is 49.2 Å². The van der Waals surface area contributed by atoms with Crippen molar-refractivity contribution in [2.75, 3.05) is 19.6 Å². The first-order chi connectivity index (χ1) is 13.4. The van der Waals surface area contributed by atoms with Gasteiger partial charge in [-0.15, -0.1) is 0 Å². The Hall–Kier alpha value is -1.47. The molecular weight excluding hydrogens is 379 g/mol. The Balaban J connectivity index is 1.73. The van der Waals surface area contributed by atoms with E-state index >= 15 is 0 Å². The van der Waals surface area contributed by atoms with Gasteiger partial charge in [0.25, 0.3) is 0 Å². The van der Waals surface area contributed by atoms with Crippen molar-refractivity contribution in [1.82, 2.24) is 9.21 Å². The summed E-state index contributed by atoms with van der Waals surface area (Å²) in [7, 11) is -3.76. The lowest BCUT2D eigenvalue weighted by Crippen LogP contribution is -2.44. The largest absolute Gasteiger partial charge is 0.343 e. The molecule has 1 amide bonds. The van der Waals surface area contributed by atoms with Crippen LogP contribution in [0.5, 0.6) is 0 Å². The van der Waals surface area contributed by atoms with E-state index in [1.54, 1.807) is 0 Å². The van der Waals surface area contributed by atoms with Crippen LogP contribution in [0, 0.1) is 11.7 Å². The Morgan fingerprint density at radius 3 is 2.29 bits per heavy atom. The molecule has 0 spiro atoms. The van der Waals surface area contributed by atoms with E-state index in [0.717, 1.165) is 58.0 Å². The van der Waals surface area contributed by atoms with E-state index in [1.165, 1.54) is 28.6 Å². The zero-order valence-electron chi connectivity index (χ0n) is 16.6. The molecular formula is C21H31FN2O3S. The van der Waals surface area contributed by atoms with Crippen molar-refractivity contribution in [2.45, 2.75) is 69.2 Å². The molecule has 0 atom stereocenters. The summed E-state index contributed by atoms with van der Waals surface area (Å²) in [4.78, 5) is 14.6. The molecule has 0 bridgehead atoms. The van der Waals surface area contributed by atoms with Crippen molar-refractivity contribution in [3.63, 3.8) is 0 Å². The zero-order valence-corrected chi connectivity index (χ0v) is 17.5. The van der Waals surface area contributed by atoms with Crippen LogP contribution in [0.2, 0.25) is 0 Å². The first-order valence-corrected chi connectivity index (χ1v) is 11.9. The van der Waals surface area contributed by atoms with E-state index in [1.807, 2.05) is 4.90 Å². The number of likely N-dealkylation sites (tertiary alicyclic amines) is 1. The maximum absolute atomic E-state index is 13.3. The average molecular weight is 411 g/mol. The molecule has 1 saturated carbocycles. The van der Waals surface area contributed by atoms with Gasteiger partial charge in [0.15, 0.2) is 0 Å². The van der Waals surface area contributed by atoms with Gasteiger partial charge in [0.2, 0.25) is 15.9 Å². The number of sulfonamides is 1. The van der Waals surface area contributed by atoms with Gasteiger partial charge in [-0.2, -0.15) is 4.31 Å². The fourth-order valence-corrected chi connectivity index (χ4v) is 5.92. The highest BCUT2D eigenvalue weighted by Gasteiger charge is 2.33. The van der Waals surface area contributed by atoms with Crippen LogP contribution in [0.15, 0.2) is 29.2 Å². The Morgan fingerprint density at radius 1 is 1.07 bits per heavy atom. The van der Waals surface area contributed by atoms with Crippen LogP contribution < -0.4 is 0 Å². The summed E-state index contributed by atoms with van der Waals surface area (Å²) in [6.07, 6.45) is 6.96. The van der Waals surface area contributed by atoms with Crippen LogP contribution >= 0.6 is 0 Å². The summed E-state index contributed by atoms with van der Waals surface area (Å²) >= 11 is 0. The summed E-state index contributed by atoms with van der Waals surface area (Å²) in [6.45, 7) is 3.90. The minimum atomic E-state index is -3.76. The number of halogens is 1. The van der Waals surface area contributed by atoms with E-state index < -0.39 is 15.8 Å². The lowest BCUT2D eigenvalue weighted by atomic mass is 9.95. The van der Waals surface area contributed by atoms with Crippen molar-refractivity contribution < 1.29 is 17.6 Å². The van der Waals surface area contributed by atoms with Crippen molar-refractivity contribution in [2.24, 2.45) is 5.92 Å². The predicted octanol–water partition coefficient (Wildman–Crippen LogP) is 3.80. The first-order valence-electron chi connectivity index (χ1n) is 10.4. The normalized spacial score (nSPS) is 19.9. The van der Waals surface area contributed by atoms with Crippen LogP contribution in [0.1, 0.15) is 58.3 Å². The highest BCUT2D eigenvalue weighted by molar-refractivity contribution is 7.89. The number of carbonyl (C=O) groups is 1. The molecule has 0 radical (unpaired) electrons. The van der Waals surface area contributed by atoms with Gasteiger partial charge in [0, 0.05) is 32.1 Å². The molecule has 1 aromatic carbocycles. The Kier molecular flexibility index (Phi) is 7.10. The third kappa shape index (κ3) is 5.11. The number of hydrogen-bond acceptors (Lipinski definition) is 3. The van der Waals surface area contributed by atoms with Crippen molar-refractivity contribution >= 4 is 15.9 Å². The molecule has 1 heterocycles. The molecule has 0 unspecified atom stereocenters. The smallest absolute Gasteiger partial charge is 0.243 e. The molecule has 3 rings (SSSR count). The lowest BCUT2D eigenvalue weighted by Gasteiger charge is -2.35. The van der Waals surface area contributed by atoms with Gasteiger partial charge in [-0.1, -0.05) is 26.2 Å². The van der Waals surface area contributed by atoms with Gasteiger partial charge in [-0.25, -0.2) is 12.8 Å². The van der Waals surface area contributed by atoms with E-state index in [-0.39, 0.29) is 29.8 Å². The van der Waals surface area contributed by atoms with Gasteiger partial charge in [0.05, 0.1) is 4.90 Å². The van der Waals surface area contributed by atoms with E-state index in [2.05, 4.69) is 6.92 Å². The first kappa shape index (κ1) is 21.2. The molecule has 1 aliphatic carbocycles. The van der Waals surface area contributed by atoms with Crippen LogP contribution in [0.25, 0.3) is 0 Å². The SMILES string of the molecule is CC1CCN(C(=O)CCN(C2CCCCC2)S(=O)(=O)c2ccc(F)cc2)CC1. The predicted molar refractivity (Wildman–Crippen MR) is 107 cm³/mol. The molecule has 0 N–H and O–H groups in total. The number of rotatable bonds is 6. The third-order valence-electron chi connectivity index (χ3n) is 6.08. The topological polar surface area (TPSA) is 57.7 Å². The fraction of sp³-hybridized carbons (Fsp3) is 0.667. The Bertz CT molecular complexity index is 752. The Labute approximate surface area is 168 Å². The minimum Gasteiger partial charge on any atom is -0.343 e. The summed E-state index contributed by atoms with van der Waals surface area (Å²) in [5, 5.41) is 0. The molecule has 0 aromatic heterocycles. The van der Waals surface area contributed by atoms with E-state index in [0.29, 0.717) is 5.92 Å². The molecule has 28 heavy (non-hydrogen) atoms. The second kappa shape index (κ2) is 9.35. The third-order valence-corrected chi connectivity index (χ3v) is 8.05. The number of carbonyl (C=O) groups excluding carboxylic acids is 1. The second-order valence-electron chi connectivity index (χ2n) is 8.17. The molecule has 5 nitrogen and oxygen atoms in total.